The first kappa shape index (κ1) is 13.7. The van der Waals surface area contributed by atoms with Crippen LogP contribution in [-0.2, 0) is 15.9 Å². The molecule has 0 bridgehead atoms. The Morgan fingerprint density at radius 1 is 1.39 bits per heavy atom. The predicted molar refractivity (Wildman–Crippen MR) is 63.9 cm³/mol. The van der Waals surface area contributed by atoms with Gasteiger partial charge >= 0.3 is 0 Å². The molecule has 0 aromatic heterocycles. The summed E-state index contributed by atoms with van der Waals surface area (Å²) in [7, 11) is -2.63. The third-order valence-corrected chi connectivity index (χ3v) is 5.14. The Morgan fingerprint density at radius 3 is 2.50 bits per heavy atom. The molecule has 1 aromatic carbocycles. The van der Waals surface area contributed by atoms with Gasteiger partial charge in [-0.05, 0) is 30.5 Å². The first-order valence-electron chi connectivity index (χ1n) is 5.40. The molecule has 0 radical (unpaired) electrons. The van der Waals surface area contributed by atoms with E-state index < -0.39 is 26.6 Å². The molecule has 1 fully saturated rings. The van der Waals surface area contributed by atoms with Crippen LogP contribution in [0.4, 0.5) is 8.78 Å². The zero-order valence-electron chi connectivity index (χ0n) is 9.66. The van der Waals surface area contributed by atoms with E-state index in [0.29, 0.717) is 0 Å². The maximum Gasteiger partial charge on any atom is 0.246 e. The molecule has 2 rings (SSSR count). The van der Waals surface area contributed by atoms with Gasteiger partial charge in [0.05, 0.1) is 0 Å². The van der Waals surface area contributed by atoms with Crippen LogP contribution >= 0.6 is 11.6 Å². The zero-order valence-corrected chi connectivity index (χ0v) is 11.2. The fourth-order valence-electron chi connectivity index (χ4n) is 1.67. The van der Waals surface area contributed by atoms with Crippen molar-refractivity contribution < 1.29 is 17.2 Å². The molecule has 0 atom stereocenters. The second kappa shape index (κ2) is 4.75. The quantitative estimate of drug-likeness (QED) is 0.800. The number of rotatable bonds is 4. The lowest BCUT2D eigenvalue weighted by Gasteiger charge is -2.17. The largest absolute Gasteiger partial charge is 0.246 e. The maximum atomic E-state index is 13.6. The molecule has 1 aliphatic rings. The third-order valence-electron chi connectivity index (χ3n) is 2.93. The molecule has 0 amide bonds. The van der Waals surface area contributed by atoms with Gasteiger partial charge in [-0.1, -0.05) is 0 Å². The van der Waals surface area contributed by atoms with Crippen LogP contribution in [0.5, 0.6) is 0 Å². The number of halogens is 3. The number of alkyl halides is 1. The van der Waals surface area contributed by atoms with E-state index in [9.17, 15) is 17.2 Å². The Labute approximate surface area is 109 Å². The molecule has 0 aliphatic heterocycles. The number of hydrogen-bond donors (Lipinski definition) is 0. The summed E-state index contributed by atoms with van der Waals surface area (Å²) in [5.74, 6) is -2.63. The molecular formula is C11H12ClF2NO2S. The summed E-state index contributed by atoms with van der Waals surface area (Å²) in [5, 5.41) is 0. The number of benzene rings is 1. The maximum absolute atomic E-state index is 13.6. The van der Waals surface area contributed by atoms with E-state index in [1.165, 1.54) is 7.05 Å². The Hall–Kier alpha value is -0.720. The van der Waals surface area contributed by atoms with Gasteiger partial charge in [-0.2, -0.15) is 4.31 Å². The molecule has 3 nitrogen and oxygen atoms in total. The fourth-order valence-corrected chi connectivity index (χ4v) is 3.36. The molecule has 0 N–H and O–H groups in total. The molecule has 1 aliphatic carbocycles. The van der Waals surface area contributed by atoms with E-state index in [2.05, 4.69) is 0 Å². The van der Waals surface area contributed by atoms with Gasteiger partial charge in [-0.3, -0.25) is 0 Å². The highest BCUT2D eigenvalue weighted by molar-refractivity contribution is 7.89. The highest BCUT2D eigenvalue weighted by atomic mass is 35.5. The van der Waals surface area contributed by atoms with Crippen molar-refractivity contribution in [2.45, 2.75) is 29.7 Å². The fraction of sp³-hybridized carbons (Fsp3) is 0.455. The number of nitrogens with zero attached hydrogens (tertiary/aromatic N) is 1. The average molecular weight is 296 g/mol. The smallest absolute Gasteiger partial charge is 0.207 e. The molecule has 100 valence electrons. The topological polar surface area (TPSA) is 37.4 Å². The van der Waals surface area contributed by atoms with Crippen molar-refractivity contribution in [1.29, 1.82) is 0 Å². The van der Waals surface area contributed by atoms with Gasteiger partial charge in [0.2, 0.25) is 10.0 Å². The van der Waals surface area contributed by atoms with E-state index in [-0.39, 0.29) is 17.5 Å². The van der Waals surface area contributed by atoms with Crippen molar-refractivity contribution in [1.82, 2.24) is 4.31 Å². The summed E-state index contributed by atoms with van der Waals surface area (Å²) in [6.07, 6.45) is 1.49. The summed E-state index contributed by atoms with van der Waals surface area (Å²) >= 11 is 5.53. The monoisotopic (exact) mass is 295 g/mol. The molecule has 0 saturated heterocycles. The number of hydrogen-bond acceptors (Lipinski definition) is 2. The van der Waals surface area contributed by atoms with Crippen LogP contribution in [0.2, 0.25) is 0 Å². The van der Waals surface area contributed by atoms with Gasteiger partial charge in [0.15, 0.2) is 11.6 Å². The van der Waals surface area contributed by atoms with Gasteiger partial charge in [0.25, 0.3) is 0 Å². The molecule has 18 heavy (non-hydrogen) atoms. The molecule has 0 heterocycles. The van der Waals surface area contributed by atoms with E-state index in [4.69, 9.17) is 11.6 Å². The van der Waals surface area contributed by atoms with Gasteiger partial charge < -0.3 is 0 Å². The third kappa shape index (κ3) is 2.37. The van der Waals surface area contributed by atoms with Crippen LogP contribution < -0.4 is 0 Å². The summed E-state index contributed by atoms with van der Waals surface area (Å²) in [5.41, 5.74) is 0.235. The van der Waals surface area contributed by atoms with Crippen LogP contribution in [-0.4, -0.2) is 25.8 Å². The molecule has 0 spiro atoms. The summed E-state index contributed by atoms with van der Waals surface area (Å²) in [6.45, 7) is 0. The molecule has 0 unspecified atom stereocenters. The van der Waals surface area contributed by atoms with E-state index in [1.54, 1.807) is 0 Å². The van der Waals surface area contributed by atoms with E-state index in [1.807, 2.05) is 0 Å². The Balaban J connectivity index is 2.52. The summed E-state index contributed by atoms with van der Waals surface area (Å²) < 4.78 is 52.3. The second-order valence-electron chi connectivity index (χ2n) is 4.28. The Kier molecular flexibility index (Phi) is 3.62. The van der Waals surface area contributed by atoms with E-state index >= 15 is 0 Å². The average Bonchev–Trinajstić information content (AvgIpc) is 3.15. The van der Waals surface area contributed by atoms with Gasteiger partial charge in [-0.15, -0.1) is 11.6 Å². The first-order valence-corrected chi connectivity index (χ1v) is 7.37. The zero-order chi connectivity index (χ0) is 13.5. The lowest BCUT2D eigenvalue weighted by atomic mass is 10.2. The molecular weight excluding hydrogens is 284 g/mol. The molecule has 1 aromatic rings. The SMILES string of the molecule is CN(C1CC1)S(=O)(=O)c1cc(CCl)cc(F)c1F. The van der Waals surface area contributed by atoms with Crippen LogP contribution in [0.1, 0.15) is 18.4 Å². The lowest BCUT2D eigenvalue weighted by molar-refractivity contribution is 0.445. The van der Waals surface area contributed by atoms with Crippen LogP contribution in [0.3, 0.4) is 0 Å². The van der Waals surface area contributed by atoms with Crippen molar-refractivity contribution in [2.24, 2.45) is 0 Å². The van der Waals surface area contributed by atoms with E-state index in [0.717, 1.165) is 29.3 Å². The molecule has 7 heteroatoms. The standard InChI is InChI=1S/C11H12ClF2NO2S/c1-15(8-2-3-8)18(16,17)10-5-7(6-12)4-9(13)11(10)14/h4-5,8H,2-3,6H2,1H3. The Morgan fingerprint density at radius 2 is 2.00 bits per heavy atom. The van der Waals surface area contributed by atoms with Crippen molar-refractivity contribution in [3.63, 3.8) is 0 Å². The minimum absolute atomic E-state index is 0.0765. The minimum atomic E-state index is -4.00. The highest BCUT2D eigenvalue weighted by Gasteiger charge is 2.37. The van der Waals surface area contributed by atoms with Crippen LogP contribution in [0.25, 0.3) is 0 Å². The molecule has 1 saturated carbocycles. The Bertz CT molecular complexity index is 573. The summed E-state index contributed by atoms with van der Waals surface area (Å²) in [4.78, 5) is -0.646. The number of sulfonamides is 1. The van der Waals surface area contributed by atoms with Crippen molar-refractivity contribution in [3.8, 4) is 0 Å². The minimum Gasteiger partial charge on any atom is -0.207 e. The second-order valence-corrected chi connectivity index (χ2v) is 6.51. The van der Waals surface area contributed by atoms with Crippen molar-refractivity contribution in [2.75, 3.05) is 7.05 Å². The first-order chi connectivity index (χ1) is 8.37. The normalized spacial score (nSPS) is 16.3. The van der Waals surface area contributed by atoms with Crippen molar-refractivity contribution >= 4 is 21.6 Å². The predicted octanol–water partition coefficient (Wildman–Crippen LogP) is 2.49. The summed E-state index contributed by atoms with van der Waals surface area (Å²) in [6, 6.07) is 1.87. The van der Waals surface area contributed by atoms with Gasteiger partial charge in [-0.25, -0.2) is 17.2 Å². The van der Waals surface area contributed by atoms with Crippen LogP contribution in [0.15, 0.2) is 17.0 Å². The van der Waals surface area contributed by atoms with Crippen LogP contribution in [0, 0.1) is 11.6 Å². The lowest BCUT2D eigenvalue weighted by Crippen LogP contribution is -2.30. The van der Waals surface area contributed by atoms with Gasteiger partial charge in [0.1, 0.15) is 4.90 Å². The van der Waals surface area contributed by atoms with Gasteiger partial charge in [0, 0.05) is 19.0 Å². The highest BCUT2D eigenvalue weighted by Crippen LogP contribution is 2.32. The van der Waals surface area contributed by atoms with Crippen molar-refractivity contribution in [3.05, 3.63) is 29.3 Å².